The maximum Gasteiger partial charge on any atom is 0.306 e. The first kappa shape index (κ1) is 35.0. The molecule has 0 aliphatic heterocycles. The maximum absolute atomic E-state index is 12.2. The molecule has 0 fully saturated rings. The van der Waals surface area contributed by atoms with Gasteiger partial charge >= 0.3 is 11.9 Å². The Bertz CT molecular complexity index is 578. The molecule has 0 heterocycles. The van der Waals surface area contributed by atoms with E-state index < -0.39 is 32.5 Å². The topological polar surface area (TPSA) is 122 Å². The van der Waals surface area contributed by atoms with Gasteiger partial charge < -0.3 is 23.8 Å². The van der Waals surface area contributed by atoms with E-state index in [1.165, 1.54) is 70.6 Å². The predicted molar refractivity (Wildman–Crippen MR) is 140 cm³/mol. The Morgan fingerprint density at radius 3 is 1.47 bits per heavy atom. The Morgan fingerprint density at radius 1 is 0.667 bits per heavy atom. The van der Waals surface area contributed by atoms with E-state index >= 15 is 0 Å². The monoisotopic (exact) mass is 535 g/mol. The zero-order chi connectivity index (χ0) is 26.9. The van der Waals surface area contributed by atoms with E-state index in [2.05, 4.69) is 18.4 Å². The lowest BCUT2D eigenvalue weighted by Crippen LogP contribution is -2.30. The summed E-state index contributed by atoms with van der Waals surface area (Å²) in [7, 11) is -4.97. The molecule has 9 heteroatoms. The number of phosphoric acid groups is 1. The normalized spacial score (nSPS) is 13.8. The molecule has 0 bridgehead atoms. The SMILES string of the molecule is CCCCCCCCCCCC(=O)OCC(COP(=O)([O-])O)OC(=O)CCCCCCCCCCC. The summed E-state index contributed by atoms with van der Waals surface area (Å²) in [4.78, 5) is 44.0. The van der Waals surface area contributed by atoms with Gasteiger partial charge in [0.1, 0.15) is 6.61 Å². The van der Waals surface area contributed by atoms with Crippen LogP contribution in [0.1, 0.15) is 142 Å². The van der Waals surface area contributed by atoms with Gasteiger partial charge in [-0.2, -0.15) is 0 Å². The first-order valence-electron chi connectivity index (χ1n) is 14.3. The van der Waals surface area contributed by atoms with Gasteiger partial charge in [-0.05, 0) is 12.8 Å². The molecule has 2 unspecified atom stereocenters. The fourth-order valence-corrected chi connectivity index (χ4v) is 4.31. The van der Waals surface area contributed by atoms with E-state index in [1.807, 2.05) is 0 Å². The number of rotatable bonds is 26. The fraction of sp³-hybridized carbons (Fsp3) is 0.926. The molecule has 0 amide bonds. The van der Waals surface area contributed by atoms with Gasteiger partial charge in [-0.15, -0.1) is 0 Å². The van der Waals surface area contributed by atoms with Gasteiger partial charge in [-0.1, -0.05) is 117 Å². The van der Waals surface area contributed by atoms with E-state index in [0.29, 0.717) is 6.42 Å². The minimum Gasteiger partial charge on any atom is -0.756 e. The molecule has 0 spiro atoms. The molecule has 0 aromatic rings. The summed E-state index contributed by atoms with van der Waals surface area (Å²) in [6, 6.07) is 0. The molecule has 2 atom stereocenters. The highest BCUT2D eigenvalue weighted by atomic mass is 31.2. The van der Waals surface area contributed by atoms with Gasteiger partial charge in [-0.3, -0.25) is 14.2 Å². The highest BCUT2D eigenvalue weighted by Gasteiger charge is 2.19. The van der Waals surface area contributed by atoms with Crippen LogP contribution in [-0.4, -0.2) is 36.1 Å². The second-order valence-electron chi connectivity index (χ2n) is 9.72. The largest absolute Gasteiger partial charge is 0.756 e. The molecule has 8 nitrogen and oxygen atoms in total. The molecule has 0 aliphatic rings. The Labute approximate surface area is 219 Å². The van der Waals surface area contributed by atoms with Crippen LogP contribution in [0.3, 0.4) is 0 Å². The molecule has 0 saturated carbocycles. The first-order valence-corrected chi connectivity index (χ1v) is 15.8. The summed E-state index contributed by atoms with van der Waals surface area (Å²) >= 11 is 0. The molecule has 0 aromatic heterocycles. The molecule has 0 rings (SSSR count). The highest BCUT2D eigenvalue weighted by molar-refractivity contribution is 7.44. The van der Waals surface area contributed by atoms with Crippen LogP contribution >= 0.6 is 7.82 Å². The van der Waals surface area contributed by atoms with Gasteiger partial charge in [0.25, 0.3) is 7.82 Å². The third-order valence-electron chi connectivity index (χ3n) is 6.12. The quantitative estimate of drug-likeness (QED) is 0.0732. The van der Waals surface area contributed by atoms with Crippen LogP contribution in [0.5, 0.6) is 0 Å². The molecule has 1 N–H and O–H groups in total. The molecule has 36 heavy (non-hydrogen) atoms. The van der Waals surface area contributed by atoms with Crippen molar-refractivity contribution >= 4 is 19.8 Å². The molecule has 0 aliphatic carbocycles. The van der Waals surface area contributed by atoms with Crippen molar-refractivity contribution in [3.8, 4) is 0 Å². The fourth-order valence-electron chi connectivity index (χ4n) is 3.96. The van der Waals surface area contributed by atoms with Crippen molar-refractivity contribution in [3.63, 3.8) is 0 Å². The van der Waals surface area contributed by atoms with E-state index in [4.69, 9.17) is 14.4 Å². The van der Waals surface area contributed by atoms with Crippen LogP contribution in [-0.2, 0) is 28.2 Å². The number of esters is 2. The molecule has 214 valence electrons. The van der Waals surface area contributed by atoms with Crippen molar-refractivity contribution in [3.05, 3.63) is 0 Å². The molecule has 0 aromatic carbocycles. The number of carbonyl (C=O) groups is 2. The molecular weight excluding hydrogens is 483 g/mol. The van der Waals surface area contributed by atoms with E-state index in [1.54, 1.807) is 0 Å². The Morgan fingerprint density at radius 2 is 1.06 bits per heavy atom. The lowest BCUT2D eigenvalue weighted by Gasteiger charge is -2.21. The number of phosphoric ester groups is 1. The summed E-state index contributed by atoms with van der Waals surface area (Å²) in [5.74, 6) is -0.924. The number of carbonyl (C=O) groups excluding carboxylic acids is 2. The Balaban J connectivity index is 4.08. The minimum atomic E-state index is -4.97. The standard InChI is InChI=1S/C27H53O8P/c1-3-5-7-9-11-13-15-17-19-21-26(28)33-23-25(24-34-36(30,31)32)35-27(29)22-20-18-16-14-12-10-8-6-4-2/h25H,3-24H2,1-2H3,(H2,30,31,32)/p-1. The number of hydrogen-bond acceptors (Lipinski definition) is 7. The van der Waals surface area contributed by atoms with Gasteiger partial charge in [0.2, 0.25) is 0 Å². The van der Waals surface area contributed by atoms with Crippen molar-refractivity contribution in [2.24, 2.45) is 0 Å². The Hall–Kier alpha value is -0.950. The number of hydrogen-bond donors (Lipinski definition) is 1. The minimum absolute atomic E-state index is 0.201. The van der Waals surface area contributed by atoms with Gasteiger partial charge in [0.05, 0.1) is 6.61 Å². The highest BCUT2D eigenvalue weighted by Crippen LogP contribution is 2.30. The van der Waals surface area contributed by atoms with Crippen LogP contribution in [0.25, 0.3) is 0 Å². The lowest BCUT2D eigenvalue weighted by atomic mass is 10.1. The van der Waals surface area contributed by atoms with Gasteiger partial charge in [-0.25, -0.2) is 0 Å². The van der Waals surface area contributed by atoms with Crippen molar-refractivity contribution < 1.29 is 37.9 Å². The number of ether oxygens (including phenoxy) is 2. The van der Waals surface area contributed by atoms with Crippen LogP contribution in [0.4, 0.5) is 0 Å². The average Bonchev–Trinajstić information content (AvgIpc) is 2.83. The van der Waals surface area contributed by atoms with Crippen molar-refractivity contribution in [1.29, 1.82) is 0 Å². The first-order chi connectivity index (χ1) is 17.3. The third-order valence-corrected chi connectivity index (χ3v) is 6.60. The van der Waals surface area contributed by atoms with Crippen LogP contribution in [0.2, 0.25) is 0 Å². The molecule has 0 radical (unpaired) electrons. The smallest absolute Gasteiger partial charge is 0.306 e. The molecular formula is C27H52O8P-. The van der Waals surface area contributed by atoms with Gasteiger partial charge in [0.15, 0.2) is 6.10 Å². The van der Waals surface area contributed by atoms with E-state index in [9.17, 15) is 19.0 Å². The lowest BCUT2D eigenvalue weighted by molar-refractivity contribution is -0.223. The molecule has 0 saturated heterocycles. The van der Waals surface area contributed by atoms with Gasteiger partial charge in [0, 0.05) is 12.8 Å². The van der Waals surface area contributed by atoms with Crippen LogP contribution < -0.4 is 4.89 Å². The van der Waals surface area contributed by atoms with Crippen molar-refractivity contribution in [2.75, 3.05) is 13.2 Å². The summed E-state index contributed by atoms with van der Waals surface area (Å²) < 4.78 is 25.7. The van der Waals surface area contributed by atoms with Crippen molar-refractivity contribution in [2.45, 2.75) is 148 Å². The number of unbranched alkanes of at least 4 members (excludes halogenated alkanes) is 16. The summed E-state index contributed by atoms with van der Waals surface area (Å²) in [6.07, 6.45) is 19.7. The summed E-state index contributed by atoms with van der Waals surface area (Å²) in [5.41, 5.74) is 0. The predicted octanol–water partition coefficient (Wildman–Crippen LogP) is 6.76. The second-order valence-corrected chi connectivity index (χ2v) is 10.9. The van der Waals surface area contributed by atoms with E-state index in [-0.39, 0.29) is 19.4 Å². The third kappa shape index (κ3) is 26.1. The van der Waals surface area contributed by atoms with E-state index in [0.717, 1.165) is 38.5 Å². The second kappa shape index (κ2) is 24.4. The van der Waals surface area contributed by atoms with Crippen molar-refractivity contribution in [1.82, 2.24) is 0 Å². The zero-order valence-corrected chi connectivity index (χ0v) is 23.8. The maximum atomic E-state index is 12.2. The van der Waals surface area contributed by atoms with Crippen LogP contribution in [0, 0.1) is 0 Å². The zero-order valence-electron chi connectivity index (χ0n) is 22.9. The Kier molecular flexibility index (Phi) is 23.7. The summed E-state index contributed by atoms with van der Waals surface area (Å²) in [6.45, 7) is 3.50. The van der Waals surface area contributed by atoms with Crippen LogP contribution in [0.15, 0.2) is 0 Å². The average molecular weight is 536 g/mol. The summed E-state index contributed by atoms with van der Waals surface area (Å²) in [5, 5.41) is 0.